The zero-order valence-corrected chi connectivity index (χ0v) is 14.8. The SMILES string of the molecule is CC(C)Cn1cc(C(=O)NCc2cccnc2N2CCOCC2)cn1. The normalized spacial score (nSPS) is 14.8. The first-order valence-corrected chi connectivity index (χ1v) is 8.70. The largest absolute Gasteiger partial charge is 0.378 e. The maximum absolute atomic E-state index is 12.4. The summed E-state index contributed by atoms with van der Waals surface area (Å²) in [6.45, 7) is 8.54. The molecular formula is C18H25N5O2. The maximum atomic E-state index is 12.4. The molecule has 0 aromatic carbocycles. The van der Waals surface area contributed by atoms with Gasteiger partial charge in [0.05, 0.1) is 25.0 Å². The van der Waals surface area contributed by atoms with E-state index in [9.17, 15) is 4.79 Å². The third kappa shape index (κ3) is 4.57. The highest BCUT2D eigenvalue weighted by Crippen LogP contribution is 2.18. The number of hydrogen-bond acceptors (Lipinski definition) is 5. The molecular weight excluding hydrogens is 318 g/mol. The Morgan fingerprint density at radius 1 is 1.36 bits per heavy atom. The molecule has 2 aromatic rings. The number of nitrogens with zero attached hydrogens (tertiary/aromatic N) is 4. The molecule has 3 rings (SSSR count). The topological polar surface area (TPSA) is 72.3 Å². The van der Waals surface area contributed by atoms with Gasteiger partial charge in [-0.15, -0.1) is 0 Å². The average Bonchev–Trinajstić information content (AvgIpc) is 3.08. The second kappa shape index (κ2) is 8.11. The van der Waals surface area contributed by atoms with Gasteiger partial charge in [0, 0.05) is 44.1 Å². The van der Waals surface area contributed by atoms with Crippen LogP contribution in [0.1, 0.15) is 29.8 Å². The van der Waals surface area contributed by atoms with Gasteiger partial charge in [-0.2, -0.15) is 5.10 Å². The number of morpholine rings is 1. The van der Waals surface area contributed by atoms with Crippen LogP contribution in [-0.2, 0) is 17.8 Å². The van der Waals surface area contributed by atoms with Crippen molar-refractivity contribution in [3.05, 3.63) is 41.9 Å². The van der Waals surface area contributed by atoms with Crippen LogP contribution in [0.5, 0.6) is 0 Å². The van der Waals surface area contributed by atoms with E-state index in [0.29, 0.717) is 31.2 Å². The first-order chi connectivity index (χ1) is 12.1. The number of amides is 1. The van der Waals surface area contributed by atoms with Crippen LogP contribution in [0.15, 0.2) is 30.7 Å². The van der Waals surface area contributed by atoms with Crippen LogP contribution in [0.4, 0.5) is 5.82 Å². The maximum Gasteiger partial charge on any atom is 0.254 e. The molecule has 0 bridgehead atoms. The second-order valence-corrected chi connectivity index (χ2v) is 6.61. The van der Waals surface area contributed by atoms with Gasteiger partial charge in [-0.25, -0.2) is 4.98 Å². The van der Waals surface area contributed by atoms with E-state index in [2.05, 4.69) is 34.1 Å². The Labute approximate surface area is 148 Å². The Hall–Kier alpha value is -2.41. The quantitative estimate of drug-likeness (QED) is 0.864. The summed E-state index contributed by atoms with van der Waals surface area (Å²) in [6.07, 6.45) is 5.19. The van der Waals surface area contributed by atoms with Crippen molar-refractivity contribution in [2.75, 3.05) is 31.2 Å². The second-order valence-electron chi connectivity index (χ2n) is 6.61. The Morgan fingerprint density at radius 2 is 2.16 bits per heavy atom. The zero-order chi connectivity index (χ0) is 17.6. The van der Waals surface area contributed by atoms with Gasteiger partial charge < -0.3 is 15.0 Å². The molecule has 3 heterocycles. The van der Waals surface area contributed by atoms with Gasteiger partial charge in [0.25, 0.3) is 5.91 Å². The monoisotopic (exact) mass is 343 g/mol. The van der Waals surface area contributed by atoms with Crippen molar-refractivity contribution in [2.24, 2.45) is 5.92 Å². The van der Waals surface area contributed by atoms with Crippen LogP contribution in [-0.4, -0.2) is 47.0 Å². The summed E-state index contributed by atoms with van der Waals surface area (Å²) >= 11 is 0. The Kier molecular flexibility index (Phi) is 5.65. The lowest BCUT2D eigenvalue weighted by molar-refractivity contribution is 0.0950. The molecule has 25 heavy (non-hydrogen) atoms. The fourth-order valence-electron chi connectivity index (χ4n) is 2.86. The first kappa shape index (κ1) is 17.4. The van der Waals surface area contributed by atoms with Crippen molar-refractivity contribution < 1.29 is 9.53 Å². The predicted octanol–water partition coefficient (Wildman–Crippen LogP) is 1.70. The number of ether oxygens (including phenoxy) is 1. The molecule has 1 aliphatic rings. The molecule has 1 fully saturated rings. The van der Waals surface area contributed by atoms with Crippen LogP contribution in [0.2, 0.25) is 0 Å². The van der Waals surface area contributed by atoms with Crippen molar-refractivity contribution in [1.82, 2.24) is 20.1 Å². The fourth-order valence-corrected chi connectivity index (χ4v) is 2.86. The van der Waals surface area contributed by atoms with E-state index in [1.807, 2.05) is 16.8 Å². The minimum atomic E-state index is -0.119. The fraction of sp³-hybridized carbons (Fsp3) is 0.500. The van der Waals surface area contributed by atoms with E-state index in [0.717, 1.165) is 31.0 Å². The van der Waals surface area contributed by atoms with Gasteiger partial charge >= 0.3 is 0 Å². The van der Waals surface area contributed by atoms with Crippen LogP contribution in [0.3, 0.4) is 0 Å². The molecule has 1 aliphatic heterocycles. The molecule has 0 spiro atoms. The number of nitrogens with one attached hydrogen (secondary N) is 1. The van der Waals surface area contributed by atoms with Crippen LogP contribution < -0.4 is 10.2 Å². The lowest BCUT2D eigenvalue weighted by atomic mass is 10.2. The molecule has 7 nitrogen and oxygen atoms in total. The minimum absolute atomic E-state index is 0.119. The van der Waals surface area contributed by atoms with E-state index < -0.39 is 0 Å². The summed E-state index contributed by atoms with van der Waals surface area (Å²) in [6, 6.07) is 3.90. The van der Waals surface area contributed by atoms with E-state index in [-0.39, 0.29) is 5.91 Å². The summed E-state index contributed by atoms with van der Waals surface area (Å²) in [7, 11) is 0. The highest BCUT2D eigenvalue weighted by Gasteiger charge is 2.16. The standard InChI is InChI=1S/C18H25N5O2/c1-14(2)12-23-13-16(11-21-23)18(24)20-10-15-4-3-5-19-17(15)22-6-8-25-9-7-22/h3-5,11,13-14H,6-10,12H2,1-2H3,(H,20,24). The third-order valence-corrected chi connectivity index (χ3v) is 4.07. The first-order valence-electron chi connectivity index (χ1n) is 8.70. The zero-order valence-electron chi connectivity index (χ0n) is 14.8. The van der Waals surface area contributed by atoms with E-state index >= 15 is 0 Å². The number of carbonyl (C=O) groups is 1. The molecule has 1 saturated heterocycles. The van der Waals surface area contributed by atoms with Gasteiger partial charge in [-0.05, 0) is 12.0 Å². The Balaban J connectivity index is 1.63. The van der Waals surface area contributed by atoms with Crippen LogP contribution in [0, 0.1) is 5.92 Å². The summed E-state index contributed by atoms with van der Waals surface area (Å²) in [5.74, 6) is 1.29. The number of pyridine rings is 1. The smallest absolute Gasteiger partial charge is 0.254 e. The lowest BCUT2D eigenvalue weighted by Crippen LogP contribution is -2.37. The molecule has 0 atom stereocenters. The molecule has 134 valence electrons. The number of hydrogen-bond donors (Lipinski definition) is 1. The van der Waals surface area contributed by atoms with Crippen molar-refractivity contribution in [3.8, 4) is 0 Å². The van der Waals surface area contributed by atoms with Crippen molar-refractivity contribution in [1.29, 1.82) is 0 Å². The van der Waals surface area contributed by atoms with Crippen LogP contribution in [0.25, 0.3) is 0 Å². The average molecular weight is 343 g/mol. The molecule has 7 heteroatoms. The van der Waals surface area contributed by atoms with E-state index in [4.69, 9.17) is 4.74 Å². The van der Waals surface area contributed by atoms with Gasteiger partial charge in [0.1, 0.15) is 5.82 Å². The van der Waals surface area contributed by atoms with Crippen molar-refractivity contribution >= 4 is 11.7 Å². The third-order valence-electron chi connectivity index (χ3n) is 4.07. The Morgan fingerprint density at radius 3 is 2.92 bits per heavy atom. The molecule has 0 unspecified atom stereocenters. The van der Waals surface area contributed by atoms with Crippen molar-refractivity contribution in [3.63, 3.8) is 0 Å². The molecule has 0 saturated carbocycles. The molecule has 1 N–H and O–H groups in total. The summed E-state index contributed by atoms with van der Waals surface area (Å²) < 4.78 is 7.21. The molecule has 1 amide bonds. The number of carbonyl (C=O) groups excluding carboxylic acids is 1. The van der Waals surface area contributed by atoms with Gasteiger partial charge in [0.2, 0.25) is 0 Å². The highest BCUT2D eigenvalue weighted by atomic mass is 16.5. The van der Waals surface area contributed by atoms with Crippen LogP contribution >= 0.6 is 0 Å². The molecule has 0 aliphatic carbocycles. The van der Waals surface area contributed by atoms with Gasteiger partial charge in [-0.1, -0.05) is 19.9 Å². The van der Waals surface area contributed by atoms with Gasteiger partial charge in [0.15, 0.2) is 0 Å². The summed E-state index contributed by atoms with van der Waals surface area (Å²) in [5.41, 5.74) is 1.59. The number of anilines is 1. The predicted molar refractivity (Wildman–Crippen MR) is 95.5 cm³/mol. The lowest BCUT2D eigenvalue weighted by Gasteiger charge is -2.29. The minimum Gasteiger partial charge on any atom is -0.378 e. The van der Waals surface area contributed by atoms with E-state index in [1.165, 1.54) is 0 Å². The van der Waals surface area contributed by atoms with E-state index in [1.54, 1.807) is 18.6 Å². The summed E-state index contributed by atoms with van der Waals surface area (Å²) in [4.78, 5) is 19.1. The number of aromatic nitrogens is 3. The molecule has 0 radical (unpaired) electrons. The summed E-state index contributed by atoms with van der Waals surface area (Å²) in [5, 5.41) is 7.22. The van der Waals surface area contributed by atoms with Gasteiger partial charge in [-0.3, -0.25) is 9.48 Å². The molecule has 2 aromatic heterocycles. The number of rotatable bonds is 6. The van der Waals surface area contributed by atoms with Crippen molar-refractivity contribution in [2.45, 2.75) is 26.9 Å². The highest BCUT2D eigenvalue weighted by molar-refractivity contribution is 5.93. The Bertz CT molecular complexity index is 707.